The van der Waals surface area contributed by atoms with Gasteiger partial charge >= 0.3 is 23.9 Å². The third-order valence-electron chi connectivity index (χ3n) is 27.7. The number of likely N-dealkylation sites (tertiary alicyclic amines) is 2. The highest BCUT2D eigenvalue weighted by atomic mass is 16.6. The Balaban J connectivity index is 0.791. The summed E-state index contributed by atoms with van der Waals surface area (Å²) in [5.41, 5.74) is -11.5. The van der Waals surface area contributed by atoms with Crippen LogP contribution in [0.15, 0.2) is 60.7 Å². The van der Waals surface area contributed by atoms with E-state index in [-0.39, 0.29) is 82.1 Å². The van der Waals surface area contributed by atoms with Gasteiger partial charge in [-0.15, -0.1) is 0 Å². The molecular weight excluding hydrogens is 1230 g/mol. The predicted molar refractivity (Wildman–Crippen MR) is 332 cm³/mol. The van der Waals surface area contributed by atoms with Crippen LogP contribution < -0.4 is 0 Å². The molecule has 95 heavy (non-hydrogen) atoms. The van der Waals surface area contributed by atoms with Crippen LogP contribution in [0, 0.1) is 74.9 Å². The fraction of sp³-hybridized carbons (Fsp3) is 0.775. The van der Waals surface area contributed by atoms with Crippen molar-refractivity contribution in [3.8, 4) is 0 Å². The number of methoxy groups -OCH3 is 7. The van der Waals surface area contributed by atoms with E-state index < -0.39 is 207 Å². The van der Waals surface area contributed by atoms with Crippen LogP contribution in [-0.2, 0) is 61.7 Å². The fourth-order valence-corrected chi connectivity index (χ4v) is 25.4. The van der Waals surface area contributed by atoms with Crippen molar-refractivity contribution in [3.05, 3.63) is 71.8 Å². The Morgan fingerprint density at radius 1 is 0.526 bits per heavy atom. The Kier molecular flexibility index (Phi) is 17.3. The maximum atomic E-state index is 15.4. The Bertz CT molecular complexity index is 3020. The first-order chi connectivity index (χ1) is 45.6. The van der Waals surface area contributed by atoms with Crippen molar-refractivity contribution in [3.63, 3.8) is 0 Å². The minimum absolute atomic E-state index is 0.0555. The number of nitrogens with zero attached hydrogens (tertiary/aromatic N) is 2. The number of carbonyl (C=O) groups excluding carboxylic acids is 4. The average Bonchev–Trinajstić information content (AvgIpc) is 1.46. The van der Waals surface area contributed by atoms with Gasteiger partial charge in [-0.25, -0.2) is 9.59 Å². The molecule has 24 heteroatoms. The molecule has 12 aliphatic rings. The molecule has 0 amide bonds. The van der Waals surface area contributed by atoms with Gasteiger partial charge < -0.3 is 87.9 Å². The minimum Gasteiger partial charge on any atom is -0.455 e. The number of fused-ring (bicyclic) bond motifs is 4. The molecule has 0 radical (unpaired) electrons. The summed E-state index contributed by atoms with van der Waals surface area (Å²) in [7, 11) is 10.9. The molecular formula is C71H98N2O22. The van der Waals surface area contributed by atoms with Gasteiger partial charge in [-0.1, -0.05) is 56.7 Å². The number of carbonyl (C=O) groups is 4. The number of unbranched alkanes of at least 4 members (excludes halogenated alkanes) is 2. The molecule has 12 fully saturated rings. The third kappa shape index (κ3) is 8.45. The summed E-state index contributed by atoms with van der Waals surface area (Å²) in [6.45, 7) is 5.18. The molecule has 10 aliphatic carbocycles. The number of hydrogen-bond acceptors (Lipinski definition) is 24. The maximum Gasteiger partial charge on any atom is 0.338 e. The molecule has 30 atom stereocenters. The molecule has 10 saturated carbocycles. The largest absolute Gasteiger partial charge is 0.455 e. The first kappa shape index (κ1) is 67.8. The Morgan fingerprint density at radius 3 is 1.34 bits per heavy atom. The Morgan fingerprint density at radius 2 is 0.947 bits per heavy atom. The zero-order chi connectivity index (χ0) is 67.5. The van der Waals surface area contributed by atoms with Crippen molar-refractivity contribution < 1.29 is 107 Å². The van der Waals surface area contributed by atoms with Crippen LogP contribution in [-0.4, -0.2) is 267 Å². The van der Waals surface area contributed by atoms with Crippen LogP contribution in [0.2, 0.25) is 0 Å². The van der Waals surface area contributed by atoms with E-state index in [1.165, 1.54) is 7.11 Å². The summed E-state index contributed by atoms with van der Waals surface area (Å²) < 4.78 is 72.1. The van der Waals surface area contributed by atoms with Gasteiger partial charge in [0, 0.05) is 164 Å². The number of benzene rings is 2. The molecule has 7 N–H and O–H groups in total. The lowest BCUT2D eigenvalue weighted by Gasteiger charge is -2.70. The smallest absolute Gasteiger partial charge is 0.338 e. The average molecular weight is 1330 g/mol. The number of aliphatic hydroxyl groups excluding tert-OH is 5. The number of aliphatic hydroxyl groups is 7. The number of piperidine rings is 2. The molecule has 24 nitrogen and oxygen atoms in total. The second kappa shape index (κ2) is 24.2. The van der Waals surface area contributed by atoms with Gasteiger partial charge in [0.1, 0.15) is 41.7 Å². The van der Waals surface area contributed by atoms with E-state index in [1.54, 1.807) is 103 Å². The second-order valence-electron chi connectivity index (χ2n) is 30.3. The van der Waals surface area contributed by atoms with Gasteiger partial charge in [0.15, 0.2) is 11.2 Å². The summed E-state index contributed by atoms with van der Waals surface area (Å²) in [6, 6.07) is 15.6. The molecule has 2 aromatic rings. The molecule has 2 saturated heterocycles. The highest BCUT2D eigenvalue weighted by Crippen LogP contribution is 2.83. The van der Waals surface area contributed by atoms with Crippen LogP contribution in [0.1, 0.15) is 92.4 Å². The number of hydrogen-bond donors (Lipinski definition) is 7. The van der Waals surface area contributed by atoms with E-state index in [0.29, 0.717) is 26.2 Å². The van der Waals surface area contributed by atoms with Gasteiger partial charge in [-0.3, -0.25) is 19.4 Å². The standard InChI is InChI=1S/C71H98N2O22/c1-10-72-32-64(34-85-3)41(75)27-43(87-5)68-38-29-66(83)40(31-74)57(79)70(49(55(68)72)51(89-7)53(64)68,47(38)59(66)92-62(81)36-21-15-12-16-22-36)94-45(77)25-19-14-20-26-46(78)95-71-48-39(30-67(84,61(91-9)58(71)80)60(48)93-63(82)37-23-17-13-18-24-37)69-44(88-6)28-42(76)65(35-86-4)33-73(11-2)56(69)50(71)52(90-8)54(65)69/h12-13,15-18,21-24,38-44,47-61,74-76,79-80,83-84H,10-11,14,19-20,25-35H2,1-9H3. The molecule has 2 spiro atoms. The van der Waals surface area contributed by atoms with E-state index in [0.717, 1.165) is 0 Å². The van der Waals surface area contributed by atoms with Gasteiger partial charge in [0.25, 0.3) is 0 Å². The van der Waals surface area contributed by atoms with Crippen molar-refractivity contribution in [2.24, 2.45) is 74.9 Å². The van der Waals surface area contributed by atoms with Crippen molar-refractivity contribution >= 4 is 23.9 Å². The predicted octanol–water partition coefficient (Wildman–Crippen LogP) is 1.81. The second-order valence-corrected chi connectivity index (χ2v) is 30.3. The number of esters is 4. The monoisotopic (exact) mass is 1330 g/mol. The van der Waals surface area contributed by atoms with E-state index in [4.69, 9.17) is 52.1 Å². The van der Waals surface area contributed by atoms with Crippen LogP contribution in [0.4, 0.5) is 0 Å². The minimum atomic E-state index is -2.04. The van der Waals surface area contributed by atoms with Crippen molar-refractivity contribution in [1.29, 1.82) is 0 Å². The first-order valence-corrected chi connectivity index (χ1v) is 34.5. The summed E-state index contributed by atoms with van der Waals surface area (Å²) in [5, 5.41) is 90.2. The summed E-state index contributed by atoms with van der Waals surface area (Å²) in [4.78, 5) is 64.2. The van der Waals surface area contributed by atoms with Crippen molar-refractivity contribution in [1.82, 2.24) is 9.80 Å². The van der Waals surface area contributed by atoms with E-state index in [2.05, 4.69) is 9.80 Å². The molecule has 14 bridgehead atoms. The van der Waals surface area contributed by atoms with Gasteiger partial charge in [0.2, 0.25) is 0 Å². The van der Waals surface area contributed by atoms with Gasteiger partial charge in [-0.2, -0.15) is 0 Å². The molecule has 2 heterocycles. The van der Waals surface area contributed by atoms with Crippen LogP contribution in [0.5, 0.6) is 0 Å². The van der Waals surface area contributed by atoms with Crippen LogP contribution in [0.25, 0.3) is 0 Å². The normalized spacial score (nSPS) is 48.9. The zero-order valence-electron chi connectivity index (χ0n) is 55.9. The summed E-state index contributed by atoms with van der Waals surface area (Å²) >= 11 is 0. The first-order valence-electron chi connectivity index (χ1n) is 34.5. The molecule has 2 aliphatic heterocycles. The maximum absolute atomic E-state index is 15.4. The highest BCUT2D eigenvalue weighted by molar-refractivity contribution is 5.90. The fourth-order valence-electron chi connectivity index (χ4n) is 25.4. The number of ether oxygens (including phenoxy) is 11. The Hall–Kier alpha value is -4.32. The molecule has 14 rings (SSSR count). The highest BCUT2D eigenvalue weighted by Gasteiger charge is 2.94. The molecule has 524 valence electrons. The van der Waals surface area contributed by atoms with Gasteiger partial charge in [-0.05, 0) is 74.9 Å². The van der Waals surface area contributed by atoms with Crippen molar-refractivity contribution in [2.75, 3.05) is 95.8 Å². The lowest BCUT2D eigenvalue weighted by Crippen LogP contribution is -2.81. The van der Waals surface area contributed by atoms with E-state index in [9.17, 15) is 45.3 Å². The molecule has 30 unspecified atom stereocenters. The van der Waals surface area contributed by atoms with Crippen LogP contribution in [0.3, 0.4) is 0 Å². The van der Waals surface area contributed by atoms with Crippen LogP contribution >= 0.6 is 0 Å². The third-order valence-corrected chi connectivity index (χ3v) is 27.7. The Labute approximate surface area is 554 Å². The van der Waals surface area contributed by atoms with Crippen molar-refractivity contribution in [2.45, 2.75) is 173 Å². The topological polar surface area (TPSA) is 318 Å². The van der Waals surface area contributed by atoms with E-state index >= 15 is 9.59 Å². The summed E-state index contributed by atoms with van der Waals surface area (Å²) in [6.07, 6.45) is -12.1. The lowest BCUT2D eigenvalue weighted by atomic mass is 9.42. The summed E-state index contributed by atoms with van der Waals surface area (Å²) in [5.74, 6) is -10.7. The quantitative estimate of drug-likeness (QED) is 0.0448. The number of rotatable bonds is 24. The SMILES string of the molecule is CCN1CC2(COC)C(O)CC(OC)C34C5CC6(O)C(CO)C(O)C(OC(=O)CCCCCC(=O)OC78C(O)C(OC)C9(O)CC(C7C9OC(=O)c7ccccc7)C79C(OC)CC(O)C%10(COC)CN(CC)C7C8C(OC)C%109)(C5C6OC(=O)c5ccccc5)C(C(OC)C23)C14. The lowest BCUT2D eigenvalue weighted by molar-refractivity contribution is -0.323. The van der Waals surface area contributed by atoms with E-state index in [1.807, 2.05) is 13.8 Å². The molecule has 2 aromatic carbocycles. The van der Waals surface area contributed by atoms with Gasteiger partial charge in [0.05, 0.1) is 67.6 Å². The zero-order valence-corrected chi connectivity index (χ0v) is 55.9. The molecule has 0 aromatic heterocycles.